The standard InChI is InChI=1S/C27H21F2N5O4/c28-17-1-2-20(22(29)11-17)24(35)21-13-30-23-19(21)3-4-34(27(23)37)14-18-10-15-9-16(12-31-25(15)32-18)26(36)33-5-7-38-8-6-33/h1-4,9,11-13,30H,5-8,10,14H2. The van der Waals surface area contributed by atoms with Crippen molar-refractivity contribution in [2.24, 2.45) is 4.99 Å². The maximum absolute atomic E-state index is 14.2. The molecule has 0 aliphatic carbocycles. The molecule has 0 spiro atoms. The van der Waals surface area contributed by atoms with Gasteiger partial charge in [-0.3, -0.25) is 14.4 Å². The van der Waals surface area contributed by atoms with Gasteiger partial charge in [-0.05, 0) is 24.3 Å². The molecule has 0 unspecified atom stereocenters. The number of ether oxygens (including phenoxy) is 1. The van der Waals surface area contributed by atoms with E-state index < -0.39 is 17.4 Å². The summed E-state index contributed by atoms with van der Waals surface area (Å²) in [5.74, 6) is -2.00. The number of hydrogen-bond donors (Lipinski definition) is 1. The van der Waals surface area contributed by atoms with Gasteiger partial charge in [0.15, 0.2) is 11.6 Å². The number of fused-ring (bicyclic) bond motifs is 2. The van der Waals surface area contributed by atoms with Crippen LogP contribution in [-0.4, -0.2) is 63.1 Å². The fourth-order valence-electron chi connectivity index (χ4n) is 4.79. The minimum atomic E-state index is -0.972. The maximum Gasteiger partial charge on any atom is 0.275 e. The van der Waals surface area contributed by atoms with Crippen LogP contribution in [0.25, 0.3) is 10.9 Å². The van der Waals surface area contributed by atoms with Gasteiger partial charge in [-0.15, -0.1) is 0 Å². The van der Waals surface area contributed by atoms with Gasteiger partial charge in [-0.2, -0.15) is 0 Å². The van der Waals surface area contributed by atoms with E-state index in [-0.39, 0.29) is 34.7 Å². The number of carbonyl (C=O) groups excluding carboxylic acids is 2. The molecule has 0 saturated carbocycles. The number of rotatable bonds is 5. The summed E-state index contributed by atoms with van der Waals surface area (Å²) in [4.78, 5) is 52.3. The van der Waals surface area contributed by atoms with E-state index in [0.717, 1.165) is 17.7 Å². The summed E-state index contributed by atoms with van der Waals surface area (Å²) in [6.45, 7) is 2.28. The van der Waals surface area contributed by atoms with Crippen molar-refractivity contribution >= 4 is 34.1 Å². The van der Waals surface area contributed by atoms with Crippen molar-refractivity contribution in [1.29, 1.82) is 0 Å². The summed E-state index contributed by atoms with van der Waals surface area (Å²) >= 11 is 0. The Morgan fingerprint density at radius 2 is 1.89 bits per heavy atom. The predicted molar refractivity (Wildman–Crippen MR) is 134 cm³/mol. The summed E-state index contributed by atoms with van der Waals surface area (Å²) in [6.07, 6.45) is 4.85. The minimum absolute atomic E-state index is 0.101. The number of aliphatic imine (C=N–C) groups is 1. The fraction of sp³-hybridized carbons (Fsp3) is 0.222. The average Bonchev–Trinajstić information content (AvgIpc) is 3.54. The lowest BCUT2D eigenvalue weighted by atomic mass is 10.0. The number of halogens is 2. The number of nitrogens with one attached hydrogen (secondary N) is 1. The van der Waals surface area contributed by atoms with Gasteiger partial charge in [0, 0.05) is 66.4 Å². The van der Waals surface area contributed by atoms with Crippen LogP contribution in [0.5, 0.6) is 0 Å². The number of ketones is 1. The van der Waals surface area contributed by atoms with Crippen LogP contribution in [0.15, 0.2) is 58.7 Å². The quantitative estimate of drug-likeness (QED) is 0.410. The molecule has 0 bridgehead atoms. The molecule has 3 aromatic heterocycles. The Morgan fingerprint density at radius 1 is 1.08 bits per heavy atom. The number of aromatic nitrogens is 3. The Balaban J connectivity index is 1.21. The highest BCUT2D eigenvalue weighted by atomic mass is 19.1. The highest BCUT2D eigenvalue weighted by molar-refractivity contribution is 6.16. The third kappa shape index (κ3) is 4.20. The predicted octanol–water partition coefficient (Wildman–Crippen LogP) is 3.04. The Bertz CT molecular complexity index is 1700. The number of carbonyl (C=O) groups is 2. The van der Waals surface area contributed by atoms with Crippen molar-refractivity contribution in [2.45, 2.75) is 13.0 Å². The van der Waals surface area contributed by atoms with Crippen LogP contribution in [0.3, 0.4) is 0 Å². The van der Waals surface area contributed by atoms with Gasteiger partial charge in [-0.25, -0.2) is 18.8 Å². The second kappa shape index (κ2) is 9.42. The van der Waals surface area contributed by atoms with Crippen molar-refractivity contribution in [2.75, 3.05) is 26.3 Å². The van der Waals surface area contributed by atoms with Crippen molar-refractivity contribution in [3.8, 4) is 0 Å². The van der Waals surface area contributed by atoms with Crippen LogP contribution >= 0.6 is 0 Å². The lowest BCUT2D eigenvalue weighted by Gasteiger charge is -2.26. The van der Waals surface area contributed by atoms with E-state index >= 15 is 0 Å². The zero-order chi connectivity index (χ0) is 26.4. The number of nitrogens with zero attached hydrogens (tertiary/aromatic N) is 4. The fourth-order valence-corrected chi connectivity index (χ4v) is 4.79. The van der Waals surface area contributed by atoms with Gasteiger partial charge in [0.25, 0.3) is 11.5 Å². The van der Waals surface area contributed by atoms with Gasteiger partial charge >= 0.3 is 0 Å². The molecule has 5 heterocycles. The van der Waals surface area contributed by atoms with Gasteiger partial charge in [0.05, 0.1) is 30.9 Å². The second-order valence-electron chi connectivity index (χ2n) is 9.16. The van der Waals surface area contributed by atoms with Crippen LogP contribution in [-0.2, 0) is 17.7 Å². The molecule has 2 aliphatic rings. The molecule has 11 heteroatoms. The zero-order valence-electron chi connectivity index (χ0n) is 20.0. The Labute approximate surface area is 214 Å². The highest BCUT2D eigenvalue weighted by Gasteiger charge is 2.24. The SMILES string of the molecule is O=C(c1ccc(F)cc1F)c1c[nH]c2c(=O)n(CC3=Nc4ncc(C(=O)N5CCOCC5)cc4C3)ccc12. The smallest absolute Gasteiger partial charge is 0.275 e. The lowest BCUT2D eigenvalue weighted by Crippen LogP contribution is -2.40. The number of benzene rings is 1. The van der Waals surface area contributed by atoms with Gasteiger partial charge in [0.2, 0.25) is 0 Å². The van der Waals surface area contributed by atoms with Crippen LogP contribution in [0.4, 0.5) is 14.6 Å². The minimum Gasteiger partial charge on any atom is -0.378 e. The Hall–Kier alpha value is -4.51. The summed E-state index contributed by atoms with van der Waals surface area (Å²) in [5, 5.41) is 0.338. The summed E-state index contributed by atoms with van der Waals surface area (Å²) in [7, 11) is 0. The first-order valence-electron chi connectivity index (χ1n) is 12.0. The second-order valence-corrected chi connectivity index (χ2v) is 9.16. The van der Waals surface area contributed by atoms with Crippen LogP contribution in [0.2, 0.25) is 0 Å². The van der Waals surface area contributed by atoms with Crippen LogP contribution in [0, 0.1) is 11.6 Å². The van der Waals surface area contributed by atoms with Crippen molar-refractivity contribution in [3.05, 3.63) is 93.2 Å². The molecule has 0 radical (unpaired) electrons. The molecular weight excluding hydrogens is 496 g/mol. The summed E-state index contributed by atoms with van der Waals surface area (Å²) < 4.78 is 34.2. The van der Waals surface area contributed by atoms with E-state index in [1.807, 2.05) is 0 Å². The van der Waals surface area contributed by atoms with E-state index in [4.69, 9.17) is 4.74 Å². The lowest BCUT2D eigenvalue weighted by molar-refractivity contribution is 0.0302. The van der Waals surface area contributed by atoms with Crippen LogP contribution in [0.1, 0.15) is 31.8 Å². The molecule has 1 fully saturated rings. The van der Waals surface area contributed by atoms with Gasteiger partial charge in [-0.1, -0.05) is 0 Å². The number of amides is 1. The largest absolute Gasteiger partial charge is 0.378 e. The first kappa shape index (κ1) is 23.9. The molecule has 192 valence electrons. The van der Waals surface area contributed by atoms with E-state index in [2.05, 4.69) is 15.0 Å². The van der Waals surface area contributed by atoms with E-state index in [1.165, 1.54) is 17.0 Å². The summed E-state index contributed by atoms with van der Waals surface area (Å²) in [6, 6.07) is 6.12. The number of pyridine rings is 2. The summed E-state index contributed by atoms with van der Waals surface area (Å²) in [5.41, 5.74) is 1.63. The number of morpholine rings is 1. The molecule has 1 N–H and O–H groups in total. The molecular formula is C27H21F2N5O4. The third-order valence-electron chi connectivity index (χ3n) is 6.74. The molecule has 38 heavy (non-hydrogen) atoms. The maximum atomic E-state index is 14.2. The highest BCUT2D eigenvalue weighted by Crippen LogP contribution is 2.26. The molecule has 0 atom stereocenters. The normalized spacial score (nSPS) is 15.0. The van der Waals surface area contributed by atoms with E-state index in [0.29, 0.717) is 61.3 Å². The molecule has 1 aromatic carbocycles. The molecule has 1 saturated heterocycles. The van der Waals surface area contributed by atoms with Crippen molar-refractivity contribution in [3.63, 3.8) is 0 Å². The molecule has 1 amide bonds. The van der Waals surface area contributed by atoms with Crippen LogP contribution < -0.4 is 5.56 Å². The number of H-pyrrole nitrogens is 1. The molecule has 9 nitrogen and oxygen atoms in total. The Kier molecular flexibility index (Phi) is 5.91. The van der Waals surface area contributed by atoms with Gasteiger partial charge in [0.1, 0.15) is 17.2 Å². The topological polar surface area (TPSA) is 110 Å². The Morgan fingerprint density at radius 3 is 2.68 bits per heavy atom. The monoisotopic (exact) mass is 517 g/mol. The van der Waals surface area contributed by atoms with Crippen molar-refractivity contribution < 1.29 is 23.1 Å². The average molecular weight is 517 g/mol. The third-order valence-corrected chi connectivity index (χ3v) is 6.74. The first-order chi connectivity index (χ1) is 18.4. The molecule has 6 rings (SSSR count). The number of aromatic amines is 1. The van der Waals surface area contributed by atoms with E-state index in [9.17, 15) is 23.2 Å². The van der Waals surface area contributed by atoms with Gasteiger partial charge < -0.3 is 19.2 Å². The zero-order valence-corrected chi connectivity index (χ0v) is 20.0. The molecule has 4 aromatic rings. The number of hydrogen-bond acceptors (Lipinski definition) is 6. The van der Waals surface area contributed by atoms with E-state index in [1.54, 1.807) is 23.2 Å². The molecule has 2 aliphatic heterocycles. The first-order valence-corrected chi connectivity index (χ1v) is 12.0. The van der Waals surface area contributed by atoms with Crippen molar-refractivity contribution in [1.82, 2.24) is 19.4 Å².